The molecule has 3 aromatic rings. The standard InChI is InChI=1S/C19H18N4O2S/c1-23(2)19(24)13-6-8-14(9-7-13)25-16-11-15(12-22-18(16)20)26-17-5-3-4-10-21-17/h3-12H,1-2H3,(H2,20,22). The summed E-state index contributed by atoms with van der Waals surface area (Å²) in [5.41, 5.74) is 6.52. The molecule has 3 rings (SSSR count). The first kappa shape index (κ1) is 17.8. The van der Waals surface area contributed by atoms with Crippen molar-refractivity contribution in [3.8, 4) is 11.5 Å². The highest BCUT2D eigenvalue weighted by atomic mass is 32.2. The van der Waals surface area contributed by atoms with E-state index in [1.165, 1.54) is 16.7 Å². The molecule has 132 valence electrons. The molecule has 7 heteroatoms. The predicted octanol–water partition coefficient (Wildman–Crippen LogP) is 3.70. The molecule has 0 saturated carbocycles. The fourth-order valence-electron chi connectivity index (χ4n) is 2.15. The van der Waals surface area contributed by atoms with E-state index in [2.05, 4.69) is 9.97 Å². The average molecular weight is 366 g/mol. The number of carbonyl (C=O) groups is 1. The summed E-state index contributed by atoms with van der Waals surface area (Å²) < 4.78 is 5.84. The predicted molar refractivity (Wildman–Crippen MR) is 102 cm³/mol. The van der Waals surface area contributed by atoms with Gasteiger partial charge in [-0.05, 0) is 36.4 Å². The Balaban J connectivity index is 1.77. The second-order valence-corrected chi connectivity index (χ2v) is 6.74. The second-order valence-electron chi connectivity index (χ2n) is 5.65. The smallest absolute Gasteiger partial charge is 0.253 e. The van der Waals surface area contributed by atoms with E-state index in [0.29, 0.717) is 22.9 Å². The van der Waals surface area contributed by atoms with Crippen molar-refractivity contribution in [2.24, 2.45) is 0 Å². The first-order chi connectivity index (χ1) is 12.5. The summed E-state index contributed by atoms with van der Waals surface area (Å²) >= 11 is 1.47. The summed E-state index contributed by atoms with van der Waals surface area (Å²) in [5.74, 6) is 1.27. The number of nitrogen functional groups attached to an aromatic ring is 1. The average Bonchev–Trinajstić information content (AvgIpc) is 2.65. The number of ether oxygens (including phenoxy) is 1. The topological polar surface area (TPSA) is 81.3 Å². The molecule has 0 aliphatic heterocycles. The lowest BCUT2D eigenvalue weighted by Gasteiger charge is -2.12. The minimum absolute atomic E-state index is 0.0634. The Morgan fingerprint density at radius 2 is 1.88 bits per heavy atom. The molecule has 0 atom stereocenters. The van der Waals surface area contributed by atoms with Crippen LogP contribution in [0.15, 0.2) is 70.8 Å². The molecular formula is C19H18N4O2S. The van der Waals surface area contributed by atoms with Crippen LogP contribution in [-0.4, -0.2) is 34.9 Å². The van der Waals surface area contributed by atoms with Gasteiger partial charge in [-0.3, -0.25) is 4.79 Å². The third-order valence-corrected chi connectivity index (χ3v) is 4.36. The molecule has 0 radical (unpaired) electrons. The van der Waals surface area contributed by atoms with Gasteiger partial charge in [0, 0.05) is 43.0 Å². The number of carbonyl (C=O) groups excluding carboxylic acids is 1. The molecule has 1 aromatic carbocycles. The Morgan fingerprint density at radius 1 is 1.12 bits per heavy atom. The lowest BCUT2D eigenvalue weighted by molar-refractivity contribution is 0.0827. The summed E-state index contributed by atoms with van der Waals surface area (Å²) in [7, 11) is 3.42. The van der Waals surface area contributed by atoms with Crippen molar-refractivity contribution in [1.82, 2.24) is 14.9 Å². The fraction of sp³-hybridized carbons (Fsp3) is 0.105. The van der Waals surface area contributed by atoms with Gasteiger partial charge in [-0.25, -0.2) is 9.97 Å². The van der Waals surface area contributed by atoms with Gasteiger partial charge < -0.3 is 15.4 Å². The van der Waals surface area contributed by atoms with Crippen LogP contribution in [0.5, 0.6) is 11.5 Å². The zero-order valence-electron chi connectivity index (χ0n) is 14.4. The molecule has 0 fully saturated rings. The molecule has 0 aliphatic carbocycles. The van der Waals surface area contributed by atoms with E-state index in [-0.39, 0.29) is 5.91 Å². The highest BCUT2D eigenvalue weighted by Crippen LogP contribution is 2.33. The number of amides is 1. The van der Waals surface area contributed by atoms with Crippen molar-refractivity contribution >= 4 is 23.5 Å². The number of anilines is 1. The van der Waals surface area contributed by atoms with Crippen molar-refractivity contribution in [3.05, 3.63) is 66.5 Å². The van der Waals surface area contributed by atoms with Crippen LogP contribution in [0, 0.1) is 0 Å². The maximum atomic E-state index is 11.9. The zero-order valence-corrected chi connectivity index (χ0v) is 15.2. The summed E-state index contributed by atoms with van der Waals surface area (Å²) in [6.07, 6.45) is 3.42. The molecule has 0 saturated heterocycles. The number of hydrogen-bond donors (Lipinski definition) is 1. The van der Waals surface area contributed by atoms with E-state index < -0.39 is 0 Å². The lowest BCUT2D eigenvalue weighted by atomic mass is 10.2. The van der Waals surface area contributed by atoms with E-state index in [0.717, 1.165) is 9.92 Å². The van der Waals surface area contributed by atoms with Crippen LogP contribution in [-0.2, 0) is 0 Å². The Kier molecular flexibility index (Phi) is 5.38. The van der Waals surface area contributed by atoms with Gasteiger partial charge in [-0.15, -0.1) is 0 Å². The number of hydrogen-bond acceptors (Lipinski definition) is 6. The van der Waals surface area contributed by atoms with Crippen molar-refractivity contribution in [2.75, 3.05) is 19.8 Å². The Bertz CT molecular complexity index is 899. The lowest BCUT2D eigenvalue weighted by Crippen LogP contribution is -2.21. The first-order valence-corrected chi connectivity index (χ1v) is 8.68. The summed E-state index contributed by atoms with van der Waals surface area (Å²) in [5, 5.41) is 0.858. The summed E-state index contributed by atoms with van der Waals surface area (Å²) in [6.45, 7) is 0. The van der Waals surface area contributed by atoms with Gasteiger partial charge in [0.2, 0.25) is 0 Å². The van der Waals surface area contributed by atoms with E-state index in [4.69, 9.17) is 10.5 Å². The van der Waals surface area contributed by atoms with Gasteiger partial charge in [0.15, 0.2) is 11.6 Å². The minimum atomic E-state index is -0.0634. The molecule has 0 unspecified atom stereocenters. The molecule has 26 heavy (non-hydrogen) atoms. The van der Waals surface area contributed by atoms with Crippen molar-refractivity contribution in [3.63, 3.8) is 0 Å². The Morgan fingerprint density at radius 3 is 2.54 bits per heavy atom. The van der Waals surface area contributed by atoms with E-state index in [9.17, 15) is 4.79 Å². The SMILES string of the molecule is CN(C)C(=O)c1ccc(Oc2cc(Sc3ccccn3)cnc2N)cc1. The normalized spacial score (nSPS) is 10.4. The van der Waals surface area contributed by atoms with Crippen LogP contribution >= 0.6 is 11.8 Å². The summed E-state index contributed by atoms with van der Waals surface area (Å²) in [6, 6.07) is 14.4. The molecule has 0 bridgehead atoms. The number of aromatic nitrogens is 2. The van der Waals surface area contributed by atoms with E-state index in [1.54, 1.807) is 50.8 Å². The maximum Gasteiger partial charge on any atom is 0.253 e. The van der Waals surface area contributed by atoms with Crippen LogP contribution in [0.25, 0.3) is 0 Å². The number of nitrogens with zero attached hydrogens (tertiary/aromatic N) is 3. The fourth-order valence-corrected chi connectivity index (χ4v) is 2.93. The Labute approximate surface area is 156 Å². The van der Waals surface area contributed by atoms with Crippen LogP contribution in [0.4, 0.5) is 5.82 Å². The molecule has 2 aromatic heterocycles. The minimum Gasteiger partial charge on any atom is -0.453 e. The highest BCUT2D eigenvalue weighted by Gasteiger charge is 2.10. The molecule has 0 spiro atoms. The van der Waals surface area contributed by atoms with Gasteiger partial charge in [0.1, 0.15) is 10.8 Å². The van der Waals surface area contributed by atoms with Crippen LogP contribution < -0.4 is 10.5 Å². The van der Waals surface area contributed by atoms with Crippen LogP contribution in [0.1, 0.15) is 10.4 Å². The van der Waals surface area contributed by atoms with Gasteiger partial charge in [0.25, 0.3) is 5.91 Å². The molecule has 1 amide bonds. The van der Waals surface area contributed by atoms with Crippen molar-refractivity contribution in [2.45, 2.75) is 9.92 Å². The first-order valence-electron chi connectivity index (χ1n) is 7.87. The quantitative estimate of drug-likeness (QED) is 0.741. The van der Waals surface area contributed by atoms with Gasteiger partial charge in [-0.1, -0.05) is 17.8 Å². The number of nitrogens with two attached hydrogens (primary N) is 1. The van der Waals surface area contributed by atoms with Crippen LogP contribution in [0.3, 0.4) is 0 Å². The van der Waals surface area contributed by atoms with Crippen LogP contribution in [0.2, 0.25) is 0 Å². The number of pyridine rings is 2. The summed E-state index contributed by atoms with van der Waals surface area (Å²) in [4.78, 5) is 22.8. The van der Waals surface area contributed by atoms with E-state index >= 15 is 0 Å². The zero-order chi connectivity index (χ0) is 18.5. The third-order valence-electron chi connectivity index (χ3n) is 3.45. The van der Waals surface area contributed by atoms with Crippen molar-refractivity contribution < 1.29 is 9.53 Å². The largest absolute Gasteiger partial charge is 0.453 e. The maximum absolute atomic E-state index is 11.9. The molecule has 2 N–H and O–H groups in total. The van der Waals surface area contributed by atoms with Gasteiger partial charge >= 0.3 is 0 Å². The number of benzene rings is 1. The second kappa shape index (κ2) is 7.88. The Hall–Kier alpha value is -3.06. The molecule has 2 heterocycles. The van der Waals surface area contributed by atoms with Gasteiger partial charge in [-0.2, -0.15) is 0 Å². The number of rotatable bonds is 5. The van der Waals surface area contributed by atoms with E-state index in [1.807, 2.05) is 24.3 Å². The molecular weight excluding hydrogens is 348 g/mol. The highest BCUT2D eigenvalue weighted by molar-refractivity contribution is 7.99. The molecule has 0 aliphatic rings. The van der Waals surface area contributed by atoms with Crippen molar-refractivity contribution in [1.29, 1.82) is 0 Å². The van der Waals surface area contributed by atoms with Gasteiger partial charge in [0.05, 0.1) is 0 Å². The monoisotopic (exact) mass is 366 g/mol. The molecule has 6 nitrogen and oxygen atoms in total. The third kappa shape index (κ3) is 4.31.